The number of rotatable bonds is 5. The highest BCUT2D eigenvalue weighted by molar-refractivity contribution is 8.00. The second kappa shape index (κ2) is 5.82. The zero-order valence-electron chi connectivity index (χ0n) is 12.0. The zero-order valence-corrected chi connectivity index (χ0v) is 13.7. The number of ether oxygens (including phenoxy) is 1. The summed E-state index contributed by atoms with van der Waals surface area (Å²) in [5, 5.41) is 4.47. The van der Waals surface area contributed by atoms with E-state index in [2.05, 4.69) is 15.1 Å². The van der Waals surface area contributed by atoms with E-state index in [0.717, 1.165) is 9.30 Å². The molecule has 0 atom stereocenters. The number of oxazole rings is 1. The lowest BCUT2D eigenvalue weighted by Crippen LogP contribution is -1.97. The van der Waals surface area contributed by atoms with Gasteiger partial charge in [-0.3, -0.25) is 0 Å². The molecule has 0 aliphatic rings. The van der Waals surface area contributed by atoms with Crippen molar-refractivity contribution >= 4 is 39.2 Å². The van der Waals surface area contributed by atoms with E-state index in [9.17, 15) is 4.39 Å². The van der Waals surface area contributed by atoms with E-state index in [1.807, 2.05) is 6.26 Å². The van der Waals surface area contributed by atoms with Crippen LogP contribution < -0.4 is 4.74 Å². The molecule has 0 saturated heterocycles. The maximum Gasteiger partial charge on any atom is 0.248 e. The lowest BCUT2D eigenvalue weighted by atomic mass is 10.3. The van der Waals surface area contributed by atoms with Gasteiger partial charge in [0.1, 0.15) is 30.2 Å². The Hall–Kier alpha value is -2.13. The van der Waals surface area contributed by atoms with Crippen LogP contribution in [-0.4, -0.2) is 39.1 Å². The lowest BCUT2D eigenvalue weighted by molar-refractivity contribution is 0.273. The molecule has 3 aromatic heterocycles. The van der Waals surface area contributed by atoms with Gasteiger partial charge in [-0.1, -0.05) is 23.1 Å². The van der Waals surface area contributed by atoms with E-state index in [1.54, 1.807) is 40.7 Å². The molecule has 0 amide bonds. The SMILES string of the molecule is CSc1nn2c(-c3nc4ccc(OCCF)cc4o3)cnc2s1. The second-order valence-corrected chi connectivity index (χ2v) is 6.61. The van der Waals surface area contributed by atoms with E-state index in [4.69, 9.17) is 9.15 Å². The molecule has 0 radical (unpaired) electrons. The van der Waals surface area contributed by atoms with Gasteiger partial charge in [0.2, 0.25) is 10.9 Å². The van der Waals surface area contributed by atoms with Crippen molar-refractivity contribution in [2.24, 2.45) is 0 Å². The number of alkyl halides is 1. The molecule has 0 spiro atoms. The van der Waals surface area contributed by atoms with Crippen LogP contribution >= 0.6 is 23.1 Å². The van der Waals surface area contributed by atoms with Crippen LogP contribution in [0.2, 0.25) is 0 Å². The first-order chi connectivity index (χ1) is 11.3. The first-order valence-electron chi connectivity index (χ1n) is 6.77. The highest BCUT2D eigenvalue weighted by Crippen LogP contribution is 2.30. The number of fused-ring (bicyclic) bond motifs is 2. The van der Waals surface area contributed by atoms with E-state index < -0.39 is 6.67 Å². The minimum absolute atomic E-state index is 0.0199. The molecular formula is C14H11FN4O2S2. The van der Waals surface area contributed by atoms with Crippen LogP contribution in [0.15, 0.2) is 33.2 Å². The van der Waals surface area contributed by atoms with E-state index in [1.165, 1.54) is 11.3 Å². The average Bonchev–Trinajstić information content (AvgIpc) is 3.24. The quantitative estimate of drug-likeness (QED) is 0.512. The third kappa shape index (κ3) is 2.55. The normalized spacial score (nSPS) is 11.6. The summed E-state index contributed by atoms with van der Waals surface area (Å²) in [5.74, 6) is 0.989. The van der Waals surface area contributed by atoms with Gasteiger partial charge in [-0.25, -0.2) is 14.4 Å². The maximum absolute atomic E-state index is 12.2. The fraction of sp³-hybridized carbons (Fsp3) is 0.214. The molecule has 0 aliphatic heterocycles. The van der Waals surface area contributed by atoms with Gasteiger partial charge in [-0.05, 0) is 18.4 Å². The minimum atomic E-state index is -0.533. The largest absolute Gasteiger partial charge is 0.491 e. The molecule has 0 fully saturated rings. The lowest BCUT2D eigenvalue weighted by Gasteiger charge is -2.01. The Morgan fingerprint density at radius 3 is 3.17 bits per heavy atom. The van der Waals surface area contributed by atoms with Crippen LogP contribution in [0.5, 0.6) is 5.75 Å². The van der Waals surface area contributed by atoms with Crippen molar-refractivity contribution in [1.29, 1.82) is 0 Å². The number of thioether (sulfide) groups is 1. The third-order valence-electron chi connectivity index (χ3n) is 3.17. The number of benzene rings is 1. The van der Waals surface area contributed by atoms with Gasteiger partial charge in [0.05, 0.1) is 6.20 Å². The zero-order chi connectivity index (χ0) is 15.8. The molecule has 0 N–H and O–H groups in total. The van der Waals surface area contributed by atoms with Crippen LogP contribution in [0.3, 0.4) is 0 Å². The van der Waals surface area contributed by atoms with Gasteiger partial charge in [0, 0.05) is 6.07 Å². The van der Waals surface area contributed by atoms with Crippen LogP contribution in [0.4, 0.5) is 4.39 Å². The summed E-state index contributed by atoms with van der Waals surface area (Å²) in [6.45, 7) is -0.513. The summed E-state index contributed by atoms with van der Waals surface area (Å²) in [6.07, 6.45) is 3.66. The number of hydrogen-bond donors (Lipinski definition) is 0. The summed E-state index contributed by atoms with van der Waals surface area (Å²) in [4.78, 5) is 9.58. The molecule has 0 aliphatic carbocycles. The molecule has 0 saturated carbocycles. The molecule has 118 valence electrons. The molecule has 4 rings (SSSR count). The topological polar surface area (TPSA) is 65.5 Å². The molecule has 6 nitrogen and oxygen atoms in total. The van der Waals surface area contributed by atoms with Crippen molar-refractivity contribution in [3.05, 3.63) is 24.4 Å². The molecular weight excluding hydrogens is 339 g/mol. The smallest absolute Gasteiger partial charge is 0.248 e. The fourth-order valence-electron chi connectivity index (χ4n) is 2.16. The Bertz CT molecular complexity index is 978. The van der Waals surface area contributed by atoms with E-state index in [0.29, 0.717) is 28.4 Å². The van der Waals surface area contributed by atoms with Crippen molar-refractivity contribution in [3.8, 4) is 17.3 Å². The van der Waals surface area contributed by atoms with Crippen LogP contribution in [0, 0.1) is 0 Å². The number of aromatic nitrogens is 4. The number of hydrogen-bond acceptors (Lipinski definition) is 7. The predicted molar refractivity (Wildman–Crippen MR) is 87.1 cm³/mol. The van der Waals surface area contributed by atoms with Gasteiger partial charge in [0.15, 0.2) is 9.92 Å². The van der Waals surface area contributed by atoms with Crippen molar-refractivity contribution in [2.75, 3.05) is 19.5 Å². The molecule has 23 heavy (non-hydrogen) atoms. The van der Waals surface area contributed by atoms with Crippen LogP contribution in [0.1, 0.15) is 0 Å². The molecule has 3 heterocycles. The summed E-state index contributed by atoms with van der Waals surface area (Å²) < 4.78 is 25.9. The molecule has 4 aromatic rings. The van der Waals surface area contributed by atoms with Crippen LogP contribution in [-0.2, 0) is 0 Å². The predicted octanol–water partition coefficient (Wildman–Crippen LogP) is 3.67. The number of imidazole rings is 1. The molecule has 0 unspecified atom stereocenters. The highest BCUT2D eigenvalue weighted by atomic mass is 32.2. The number of halogens is 1. The van der Waals surface area contributed by atoms with Gasteiger partial charge in [-0.15, -0.1) is 5.10 Å². The average molecular weight is 350 g/mol. The summed E-state index contributed by atoms with van der Waals surface area (Å²) in [5.41, 5.74) is 1.97. The Morgan fingerprint density at radius 1 is 1.43 bits per heavy atom. The van der Waals surface area contributed by atoms with Gasteiger partial charge < -0.3 is 9.15 Å². The Labute approximate surface area is 138 Å². The Balaban J connectivity index is 1.76. The molecule has 9 heteroatoms. The summed E-state index contributed by atoms with van der Waals surface area (Å²) in [7, 11) is 0. The molecule has 0 bridgehead atoms. The van der Waals surface area contributed by atoms with E-state index in [-0.39, 0.29) is 6.61 Å². The standard InChI is InChI=1S/C14H11FN4O2S2/c1-22-14-18-19-10(7-16-13(19)23-14)12-17-9-3-2-8(20-5-4-15)6-11(9)21-12/h2-3,6-7H,4-5H2,1H3. The number of nitrogens with zero attached hydrogens (tertiary/aromatic N) is 4. The Kier molecular flexibility index (Phi) is 3.66. The van der Waals surface area contributed by atoms with E-state index >= 15 is 0 Å². The first kappa shape index (κ1) is 14.5. The van der Waals surface area contributed by atoms with Crippen molar-refractivity contribution in [3.63, 3.8) is 0 Å². The van der Waals surface area contributed by atoms with Gasteiger partial charge in [0.25, 0.3) is 0 Å². The monoisotopic (exact) mass is 350 g/mol. The fourth-order valence-corrected chi connectivity index (χ4v) is 3.49. The highest BCUT2D eigenvalue weighted by Gasteiger charge is 2.16. The minimum Gasteiger partial charge on any atom is -0.491 e. The maximum atomic E-state index is 12.2. The first-order valence-corrected chi connectivity index (χ1v) is 8.81. The van der Waals surface area contributed by atoms with Gasteiger partial charge >= 0.3 is 0 Å². The summed E-state index contributed by atoms with van der Waals surface area (Å²) >= 11 is 3.08. The summed E-state index contributed by atoms with van der Waals surface area (Å²) in [6, 6.07) is 5.22. The molecule has 1 aromatic carbocycles. The second-order valence-electron chi connectivity index (χ2n) is 4.60. The van der Waals surface area contributed by atoms with Crippen molar-refractivity contribution < 1.29 is 13.5 Å². The van der Waals surface area contributed by atoms with Crippen molar-refractivity contribution in [2.45, 2.75) is 4.34 Å². The van der Waals surface area contributed by atoms with Crippen LogP contribution in [0.25, 0.3) is 27.6 Å². The third-order valence-corrected chi connectivity index (χ3v) is 5.06. The van der Waals surface area contributed by atoms with Gasteiger partial charge in [-0.2, -0.15) is 4.52 Å². The van der Waals surface area contributed by atoms with Crippen molar-refractivity contribution in [1.82, 2.24) is 19.6 Å². The Morgan fingerprint density at radius 2 is 2.35 bits per heavy atom.